The number of rotatable bonds is 3. The molecule has 3 rings (SSSR count). The van der Waals surface area contributed by atoms with E-state index in [1.54, 1.807) is 7.05 Å². The van der Waals surface area contributed by atoms with Gasteiger partial charge in [0.15, 0.2) is 0 Å². The molecule has 120 valence electrons. The van der Waals surface area contributed by atoms with Crippen LogP contribution in [0.5, 0.6) is 0 Å². The molecule has 5 heteroatoms. The van der Waals surface area contributed by atoms with Crippen LogP contribution in [0, 0.1) is 13.8 Å². The first-order chi connectivity index (χ1) is 11.0. The molecule has 5 nitrogen and oxygen atoms in total. The lowest BCUT2D eigenvalue weighted by atomic mass is 10.1. The van der Waals surface area contributed by atoms with Crippen LogP contribution in [0.25, 0.3) is 11.3 Å². The van der Waals surface area contributed by atoms with Crippen LogP contribution in [0.1, 0.15) is 24.2 Å². The van der Waals surface area contributed by atoms with Crippen molar-refractivity contribution in [3.05, 3.63) is 41.7 Å². The van der Waals surface area contributed by atoms with E-state index in [2.05, 4.69) is 5.32 Å². The zero-order valence-electron chi connectivity index (χ0n) is 13.6. The van der Waals surface area contributed by atoms with Crippen LogP contribution in [0.15, 0.2) is 34.7 Å². The average molecular weight is 312 g/mol. The molecule has 0 unspecified atom stereocenters. The minimum Gasteiger partial charge on any atom is -0.461 e. The highest BCUT2D eigenvalue weighted by Gasteiger charge is 2.33. The summed E-state index contributed by atoms with van der Waals surface area (Å²) < 4.78 is 5.63. The summed E-state index contributed by atoms with van der Waals surface area (Å²) in [6.45, 7) is 3.84. The summed E-state index contributed by atoms with van der Waals surface area (Å²) in [5.74, 6) is 1.49. The molecule has 0 bridgehead atoms. The number of likely N-dealkylation sites (N-methyl/N-ethyl adjacent to an activating group) is 1. The Morgan fingerprint density at radius 3 is 2.65 bits per heavy atom. The number of hydrogen-bond donors (Lipinski definition) is 1. The van der Waals surface area contributed by atoms with Gasteiger partial charge in [-0.3, -0.25) is 9.59 Å². The van der Waals surface area contributed by atoms with Crippen LogP contribution in [-0.4, -0.2) is 29.8 Å². The molecule has 0 radical (unpaired) electrons. The van der Waals surface area contributed by atoms with Crippen molar-refractivity contribution in [1.82, 2.24) is 4.90 Å². The average Bonchev–Trinajstić information content (AvgIpc) is 3.09. The third kappa shape index (κ3) is 2.99. The van der Waals surface area contributed by atoms with Gasteiger partial charge >= 0.3 is 0 Å². The number of amides is 2. The molecule has 0 spiro atoms. The summed E-state index contributed by atoms with van der Waals surface area (Å²) in [5.41, 5.74) is 2.63. The molecule has 2 heterocycles. The normalized spacial score (nSPS) is 17.6. The van der Waals surface area contributed by atoms with Crippen LogP contribution in [0.3, 0.4) is 0 Å². The summed E-state index contributed by atoms with van der Waals surface area (Å²) in [6, 6.07) is 9.25. The highest BCUT2D eigenvalue weighted by Crippen LogP contribution is 2.27. The summed E-state index contributed by atoms with van der Waals surface area (Å²) in [7, 11) is 1.68. The van der Waals surface area contributed by atoms with E-state index in [0.717, 1.165) is 28.3 Å². The first kappa shape index (κ1) is 15.3. The summed E-state index contributed by atoms with van der Waals surface area (Å²) >= 11 is 0. The van der Waals surface area contributed by atoms with Gasteiger partial charge in [0.05, 0.1) is 0 Å². The maximum absolute atomic E-state index is 12.4. The summed E-state index contributed by atoms with van der Waals surface area (Å²) in [4.78, 5) is 25.5. The fourth-order valence-electron chi connectivity index (χ4n) is 2.83. The number of nitrogens with one attached hydrogen (secondary N) is 1. The molecule has 0 aliphatic carbocycles. The topological polar surface area (TPSA) is 62.6 Å². The number of carbonyl (C=O) groups excluding carboxylic acids is 2. The van der Waals surface area contributed by atoms with Crippen LogP contribution in [0.4, 0.5) is 5.69 Å². The Bertz CT molecular complexity index is 763. The van der Waals surface area contributed by atoms with Crippen molar-refractivity contribution in [3.8, 4) is 11.3 Å². The molecule has 1 N–H and O–H groups in total. The molecule has 1 aliphatic heterocycles. The van der Waals surface area contributed by atoms with E-state index in [9.17, 15) is 9.59 Å². The van der Waals surface area contributed by atoms with Crippen molar-refractivity contribution >= 4 is 17.5 Å². The predicted molar refractivity (Wildman–Crippen MR) is 88.0 cm³/mol. The molecule has 0 saturated carbocycles. The van der Waals surface area contributed by atoms with Crippen molar-refractivity contribution in [3.63, 3.8) is 0 Å². The third-order valence-corrected chi connectivity index (χ3v) is 4.32. The highest BCUT2D eigenvalue weighted by atomic mass is 16.3. The van der Waals surface area contributed by atoms with Gasteiger partial charge < -0.3 is 14.6 Å². The number of nitrogens with zero attached hydrogens (tertiary/aromatic N) is 1. The van der Waals surface area contributed by atoms with E-state index in [0.29, 0.717) is 12.8 Å². The number of benzene rings is 1. The van der Waals surface area contributed by atoms with E-state index >= 15 is 0 Å². The van der Waals surface area contributed by atoms with Gasteiger partial charge in [0.25, 0.3) is 0 Å². The number of aryl methyl sites for hydroxylation is 2. The highest BCUT2D eigenvalue weighted by molar-refractivity contribution is 5.99. The van der Waals surface area contributed by atoms with Crippen molar-refractivity contribution < 1.29 is 14.0 Å². The van der Waals surface area contributed by atoms with Gasteiger partial charge in [0.2, 0.25) is 11.8 Å². The standard InChI is InChI=1S/C18H20N2O3/c1-11-4-6-13(16-8-5-12(2)23-16)10-14(11)19-18(22)15-7-9-17(21)20(15)3/h4-6,8,10,15H,7,9H2,1-3H3,(H,19,22)/t15-/m1/s1. The zero-order valence-corrected chi connectivity index (χ0v) is 13.6. The Morgan fingerprint density at radius 1 is 1.26 bits per heavy atom. The largest absolute Gasteiger partial charge is 0.461 e. The van der Waals surface area contributed by atoms with Gasteiger partial charge in [-0.2, -0.15) is 0 Å². The minimum absolute atomic E-state index is 0.0154. The Hall–Kier alpha value is -2.56. The molecule has 23 heavy (non-hydrogen) atoms. The van der Waals surface area contributed by atoms with E-state index in [4.69, 9.17) is 4.42 Å². The van der Waals surface area contributed by atoms with Crippen molar-refractivity contribution in [2.75, 3.05) is 12.4 Å². The van der Waals surface area contributed by atoms with Crippen LogP contribution >= 0.6 is 0 Å². The van der Waals surface area contributed by atoms with E-state index < -0.39 is 6.04 Å². The van der Waals surface area contributed by atoms with E-state index in [1.807, 2.05) is 44.2 Å². The Labute approximate surface area is 135 Å². The van der Waals surface area contributed by atoms with Crippen LogP contribution < -0.4 is 5.32 Å². The predicted octanol–water partition coefficient (Wildman–Crippen LogP) is 3.12. The SMILES string of the molecule is Cc1ccc(-c2ccc(C)c(NC(=O)[C@H]3CCC(=O)N3C)c2)o1. The van der Waals surface area contributed by atoms with Crippen molar-refractivity contribution in [1.29, 1.82) is 0 Å². The van der Waals surface area contributed by atoms with Crippen molar-refractivity contribution in [2.24, 2.45) is 0 Å². The molecule has 1 fully saturated rings. The van der Waals surface area contributed by atoms with Gasteiger partial charge in [0.1, 0.15) is 17.6 Å². The number of anilines is 1. The molecule has 2 aromatic rings. The molecular formula is C18H20N2O3. The smallest absolute Gasteiger partial charge is 0.247 e. The van der Waals surface area contributed by atoms with Gasteiger partial charge in [-0.1, -0.05) is 12.1 Å². The lowest BCUT2D eigenvalue weighted by Crippen LogP contribution is -2.39. The Morgan fingerprint density at radius 2 is 2.04 bits per heavy atom. The molecular weight excluding hydrogens is 292 g/mol. The Balaban J connectivity index is 1.82. The second-order valence-electron chi connectivity index (χ2n) is 5.99. The van der Waals surface area contributed by atoms with Gasteiger partial charge in [-0.25, -0.2) is 0 Å². The fraction of sp³-hybridized carbons (Fsp3) is 0.333. The lowest BCUT2D eigenvalue weighted by molar-refractivity contribution is -0.131. The van der Waals surface area contributed by atoms with Crippen molar-refractivity contribution in [2.45, 2.75) is 32.7 Å². The molecule has 1 aromatic carbocycles. The van der Waals surface area contributed by atoms with E-state index in [1.165, 1.54) is 4.90 Å². The quantitative estimate of drug-likeness (QED) is 0.947. The number of hydrogen-bond acceptors (Lipinski definition) is 3. The maximum Gasteiger partial charge on any atom is 0.247 e. The van der Waals surface area contributed by atoms with Gasteiger partial charge in [-0.05, 0) is 44.0 Å². The summed E-state index contributed by atoms with van der Waals surface area (Å²) in [6.07, 6.45) is 0.997. The molecule has 1 aromatic heterocycles. The van der Waals surface area contributed by atoms with Gasteiger partial charge in [0, 0.05) is 24.7 Å². The third-order valence-electron chi connectivity index (χ3n) is 4.32. The second-order valence-corrected chi connectivity index (χ2v) is 5.99. The number of likely N-dealkylation sites (tertiary alicyclic amines) is 1. The summed E-state index contributed by atoms with van der Waals surface area (Å²) in [5, 5.41) is 2.95. The molecule has 1 atom stereocenters. The van der Waals surface area contributed by atoms with Crippen LogP contribution in [0.2, 0.25) is 0 Å². The maximum atomic E-state index is 12.4. The molecule has 1 saturated heterocycles. The zero-order chi connectivity index (χ0) is 16.6. The Kier molecular flexibility index (Phi) is 3.94. The monoisotopic (exact) mass is 312 g/mol. The first-order valence-electron chi connectivity index (χ1n) is 7.69. The molecule has 2 amide bonds. The lowest BCUT2D eigenvalue weighted by Gasteiger charge is -2.20. The van der Waals surface area contributed by atoms with Crippen LogP contribution in [-0.2, 0) is 9.59 Å². The second kappa shape index (κ2) is 5.91. The minimum atomic E-state index is -0.392. The first-order valence-corrected chi connectivity index (χ1v) is 7.69. The molecule has 1 aliphatic rings. The van der Waals surface area contributed by atoms with E-state index in [-0.39, 0.29) is 11.8 Å². The van der Waals surface area contributed by atoms with Gasteiger partial charge in [-0.15, -0.1) is 0 Å². The fourth-order valence-corrected chi connectivity index (χ4v) is 2.83. The number of carbonyl (C=O) groups is 2. The number of furan rings is 1.